The predicted octanol–water partition coefficient (Wildman–Crippen LogP) is 5.20. The minimum absolute atomic E-state index is 0.198. The molecule has 2 N–H and O–H groups in total. The van der Waals surface area contributed by atoms with E-state index in [4.69, 9.17) is 9.62 Å². The van der Waals surface area contributed by atoms with E-state index in [1.165, 1.54) is 33.5 Å². The molecule has 0 bridgehead atoms. The van der Waals surface area contributed by atoms with E-state index in [0.29, 0.717) is 5.92 Å². The molecule has 4 aromatic rings. The number of hydrogen-bond acceptors (Lipinski definition) is 4. The maximum atomic E-state index is 9.23. The molecule has 0 amide bonds. The Morgan fingerprint density at radius 3 is 2.88 bits per heavy atom. The van der Waals surface area contributed by atoms with E-state index < -0.39 is 0 Å². The zero-order chi connectivity index (χ0) is 22.4. The molecule has 33 heavy (non-hydrogen) atoms. The summed E-state index contributed by atoms with van der Waals surface area (Å²) < 4.78 is 5.71. The van der Waals surface area contributed by atoms with Crippen molar-refractivity contribution in [1.29, 1.82) is 0 Å². The van der Waals surface area contributed by atoms with Gasteiger partial charge in [-0.05, 0) is 55.2 Å². The highest BCUT2D eigenvalue weighted by Gasteiger charge is 2.54. The lowest BCUT2D eigenvalue weighted by Gasteiger charge is -2.48. The first kappa shape index (κ1) is 20.4. The van der Waals surface area contributed by atoms with Crippen LogP contribution in [0.4, 0.5) is 0 Å². The monoisotopic (exact) mass is 439 g/mol. The van der Waals surface area contributed by atoms with Gasteiger partial charge >= 0.3 is 0 Å². The second-order valence-electron chi connectivity index (χ2n) is 9.62. The maximum Gasteiger partial charge on any atom is 0.143 e. The Hall–Kier alpha value is -3.18. The summed E-state index contributed by atoms with van der Waals surface area (Å²) in [4.78, 5) is 0. The van der Waals surface area contributed by atoms with Crippen LogP contribution in [0.25, 0.3) is 11.3 Å². The van der Waals surface area contributed by atoms with Crippen LogP contribution in [0.5, 0.6) is 0 Å². The molecule has 2 heterocycles. The summed E-state index contributed by atoms with van der Waals surface area (Å²) in [7, 11) is 0. The molecule has 168 valence electrons. The first-order valence-corrected chi connectivity index (χ1v) is 12.0. The molecular weight excluding hydrogens is 410 g/mol. The molecule has 0 saturated carbocycles. The summed E-state index contributed by atoms with van der Waals surface area (Å²) in [5.74, 6) is 1.73. The van der Waals surface area contributed by atoms with Crippen LogP contribution in [0.15, 0.2) is 65.3 Å². The maximum absolute atomic E-state index is 9.23. The van der Waals surface area contributed by atoms with Gasteiger partial charge in [0.25, 0.3) is 0 Å². The van der Waals surface area contributed by atoms with E-state index in [1.807, 2.05) is 6.20 Å². The SMILES string of the molecule is C[C@@H]1c2oncc2C[C@]2(c3ccccc3)c3n[nH]c(-c4cccc(CCCO)c4)c3CC[C@@H]12. The van der Waals surface area contributed by atoms with E-state index in [9.17, 15) is 5.11 Å². The lowest BCUT2D eigenvalue weighted by atomic mass is 9.53. The van der Waals surface area contributed by atoms with Crippen LogP contribution in [0.2, 0.25) is 0 Å². The molecular formula is C28H29N3O2. The zero-order valence-electron chi connectivity index (χ0n) is 18.9. The van der Waals surface area contributed by atoms with Crippen molar-refractivity contribution in [3.8, 4) is 11.3 Å². The first-order chi connectivity index (χ1) is 16.2. The van der Waals surface area contributed by atoms with Crippen LogP contribution < -0.4 is 0 Å². The summed E-state index contributed by atoms with van der Waals surface area (Å²) in [6, 6.07) is 19.5. The van der Waals surface area contributed by atoms with Crippen molar-refractivity contribution in [2.24, 2.45) is 5.92 Å². The highest BCUT2D eigenvalue weighted by atomic mass is 16.5. The summed E-state index contributed by atoms with van der Waals surface area (Å²) in [5.41, 5.74) is 8.40. The van der Waals surface area contributed by atoms with Crippen LogP contribution in [0, 0.1) is 5.92 Å². The van der Waals surface area contributed by atoms with Crippen molar-refractivity contribution >= 4 is 0 Å². The van der Waals surface area contributed by atoms with Crippen molar-refractivity contribution in [2.45, 2.75) is 50.4 Å². The number of aliphatic hydroxyl groups is 1. The number of aliphatic hydroxyl groups excluding tert-OH is 1. The molecule has 2 aliphatic carbocycles. The smallest absolute Gasteiger partial charge is 0.143 e. The van der Waals surface area contributed by atoms with Gasteiger partial charge in [0.15, 0.2) is 0 Å². The molecule has 2 aromatic carbocycles. The second kappa shape index (κ2) is 7.99. The number of nitrogens with one attached hydrogen (secondary N) is 1. The molecule has 5 heteroatoms. The van der Waals surface area contributed by atoms with Gasteiger partial charge in [0, 0.05) is 34.6 Å². The molecule has 0 radical (unpaired) electrons. The topological polar surface area (TPSA) is 74.9 Å². The Bertz CT molecular complexity index is 1280. The Balaban J connectivity index is 1.52. The van der Waals surface area contributed by atoms with E-state index in [2.05, 4.69) is 71.8 Å². The molecule has 0 saturated heterocycles. The minimum Gasteiger partial charge on any atom is -0.396 e. The molecule has 2 aromatic heterocycles. The van der Waals surface area contributed by atoms with Crippen LogP contribution in [0.3, 0.4) is 0 Å². The van der Waals surface area contributed by atoms with E-state index in [1.54, 1.807) is 0 Å². The summed E-state index contributed by atoms with van der Waals surface area (Å²) in [5, 5.41) is 21.9. The molecule has 0 unspecified atom stereocenters. The van der Waals surface area contributed by atoms with Gasteiger partial charge in [-0.3, -0.25) is 5.10 Å². The average Bonchev–Trinajstić information content (AvgIpc) is 3.51. The number of fused-ring (bicyclic) bond motifs is 4. The molecule has 0 fully saturated rings. The Labute approximate surface area is 193 Å². The molecule has 5 nitrogen and oxygen atoms in total. The summed E-state index contributed by atoms with van der Waals surface area (Å²) in [6.07, 6.45) is 6.50. The van der Waals surface area contributed by atoms with E-state index in [0.717, 1.165) is 43.6 Å². The van der Waals surface area contributed by atoms with Gasteiger partial charge in [-0.2, -0.15) is 5.10 Å². The number of nitrogens with zero attached hydrogens (tertiary/aromatic N) is 2. The third-order valence-corrected chi connectivity index (χ3v) is 7.92. The summed E-state index contributed by atoms with van der Waals surface area (Å²) >= 11 is 0. The van der Waals surface area contributed by atoms with Crippen LogP contribution in [-0.4, -0.2) is 27.1 Å². The molecule has 2 aliphatic rings. The van der Waals surface area contributed by atoms with Gasteiger partial charge < -0.3 is 9.63 Å². The van der Waals surface area contributed by atoms with Crippen molar-refractivity contribution in [3.63, 3.8) is 0 Å². The fourth-order valence-corrected chi connectivity index (χ4v) is 6.44. The number of benzene rings is 2. The fourth-order valence-electron chi connectivity index (χ4n) is 6.44. The lowest BCUT2D eigenvalue weighted by molar-refractivity contribution is 0.190. The third kappa shape index (κ3) is 3.10. The highest BCUT2D eigenvalue weighted by molar-refractivity contribution is 5.67. The van der Waals surface area contributed by atoms with Crippen molar-refractivity contribution < 1.29 is 9.63 Å². The van der Waals surface area contributed by atoms with Crippen molar-refractivity contribution in [1.82, 2.24) is 15.4 Å². The number of aryl methyl sites for hydroxylation is 1. The van der Waals surface area contributed by atoms with Crippen molar-refractivity contribution in [3.05, 3.63) is 94.5 Å². The summed E-state index contributed by atoms with van der Waals surface area (Å²) in [6.45, 7) is 2.50. The average molecular weight is 440 g/mol. The Kier molecular flexibility index (Phi) is 4.95. The minimum atomic E-state index is -0.198. The molecule has 3 atom stereocenters. The van der Waals surface area contributed by atoms with E-state index in [-0.39, 0.29) is 17.9 Å². The van der Waals surface area contributed by atoms with Gasteiger partial charge in [0.1, 0.15) is 5.76 Å². The number of H-pyrrole nitrogens is 1. The molecule has 6 rings (SSSR count). The van der Waals surface area contributed by atoms with Gasteiger partial charge in [-0.1, -0.05) is 60.6 Å². The van der Waals surface area contributed by atoms with Crippen LogP contribution >= 0.6 is 0 Å². The van der Waals surface area contributed by atoms with Crippen LogP contribution in [-0.2, 0) is 24.7 Å². The molecule has 0 spiro atoms. The third-order valence-electron chi connectivity index (χ3n) is 7.92. The van der Waals surface area contributed by atoms with Gasteiger partial charge in [0.2, 0.25) is 0 Å². The lowest BCUT2D eigenvalue weighted by Crippen LogP contribution is -2.47. The van der Waals surface area contributed by atoms with Crippen LogP contribution in [0.1, 0.15) is 59.4 Å². The van der Waals surface area contributed by atoms with Gasteiger partial charge in [-0.25, -0.2) is 0 Å². The number of hydrogen-bond donors (Lipinski definition) is 2. The standard InChI is InChI=1S/C28H29N3O2/c1-18-24-13-12-23-25(20-9-5-7-19(15-20)8-6-14-32)30-31-27(23)28(24,22-10-3-2-4-11-22)16-21-17-29-33-26(18)21/h2-5,7,9-11,15,17-18,24,32H,6,8,12-14,16H2,1H3,(H,30,31)/t18-,24-,28+/m0/s1. The zero-order valence-corrected chi connectivity index (χ0v) is 18.9. The second-order valence-corrected chi connectivity index (χ2v) is 9.62. The first-order valence-electron chi connectivity index (χ1n) is 12.0. The largest absolute Gasteiger partial charge is 0.396 e. The molecule has 0 aliphatic heterocycles. The van der Waals surface area contributed by atoms with E-state index >= 15 is 0 Å². The fraction of sp³-hybridized carbons (Fsp3) is 0.357. The number of aromatic nitrogens is 3. The normalized spacial score (nSPS) is 23.6. The quantitative estimate of drug-likeness (QED) is 0.448. The highest BCUT2D eigenvalue weighted by Crippen LogP contribution is 2.57. The Morgan fingerprint density at radius 1 is 1.15 bits per heavy atom. The Morgan fingerprint density at radius 2 is 2.03 bits per heavy atom. The number of rotatable bonds is 5. The van der Waals surface area contributed by atoms with Gasteiger partial charge in [0.05, 0.1) is 17.6 Å². The van der Waals surface area contributed by atoms with Crippen molar-refractivity contribution in [2.75, 3.05) is 6.61 Å². The predicted molar refractivity (Wildman–Crippen MR) is 127 cm³/mol. The van der Waals surface area contributed by atoms with Gasteiger partial charge in [-0.15, -0.1) is 0 Å². The number of aromatic amines is 1.